The van der Waals surface area contributed by atoms with Crippen molar-refractivity contribution in [3.8, 4) is 0 Å². The van der Waals surface area contributed by atoms with E-state index in [1.807, 2.05) is 0 Å². The first-order valence-electron chi connectivity index (χ1n) is 8.34. The van der Waals surface area contributed by atoms with Gasteiger partial charge in [0.1, 0.15) is 5.60 Å². The molecule has 1 aromatic heterocycles. The van der Waals surface area contributed by atoms with Crippen molar-refractivity contribution < 1.29 is 5.11 Å². The topological polar surface area (TPSA) is 28.4 Å². The van der Waals surface area contributed by atoms with Gasteiger partial charge in [0.05, 0.1) is 5.69 Å². The van der Waals surface area contributed by atoms with Gasteiger partial charge in [0.15, 0.2) is 0 Å². The van der Waals surface area contributed by atoms with Crippen LogP contribution in [0, 0.1) is 5.92 Å². The largest absolute Gasteiger partial charge is 0.379 e. The Hall–Kier alpha value is -1.58. The smallest absolute Gasteiger partial charge is 0.133 e. The van der Waals surface area contributed by atoms with Crippen LogP contribution in [0.25, 0.3) is 0 Å². The Morgan fingerprint density at radius 3 is 2.64 bits per heavy atom. The van der Waals surface area contributed by atoms with E-state index in [1.54, 1.807) is 0 Å². The van der Waals surface area contributed by atoms with Crippen LogP contribution in [0.5, 0.6) is 0 Å². The van der Waals surface area contributed by atoms with Crippen LogP contribution in [0.3, 0.4) is 0 Å². The number of benzene rings is 1. The second-order valence-corrected chi connectivity index (χ2v) is 6.84. The summed E-state index contributed by atoms with van der Waals surface area (Å²) in [5.41, 5.74) is 2.65. The van der Waals surface area contributed by atoms with Crippen molar-refractivity contribution in [3.05, 3.63) is 59.4 Å². The Balaban J connectivity index is 1.86. The zero-order valence-electron chi connectivity index (χ0n) is 13.2. The van der Waals surface area contributed by atoms with Gasteiger partial charge in [-0.3, -0.25) is 0 Å². The van der Waals surface area contributed by atoms with Crippen molar-refractivity contribution in [2.45, 2.75) is 31.4 Å². The lowest BCUT2D eigenvalue weighted by molar-refractivity contribution is -0.0160. The van der Waals surface area contributed by atoms with Crippen molar-refractivity contribution in [3.63, 3.8) is 0 Å². The van der Waals surface area contributed by atoms with Gasteiger partial charge in [0.2, 0.25) is 0 Å². The fraction of sp³-hybridized carbons (Fsp3) is 0.474. The van der Waals surface area contributed by atoms with E-state index >= 15 is 0 Å². The average molecular weight is 296 g/mol. The number of piperidine rings is 1. The predicted octanol–water partition coefficient (Wildman–Crippen LogP) is 2.62. The lowest BCUT2D eigenvalue weighted by atomic mass is 9.73. The Kier molecular flexibility index (Phi) is 3.35. The zero-order chi connectivity index (χ0) is 15.2. The van der Waals surface area contributed by atoms with Gasteiger partial charge in [-0.2, -0.15) is 0 Å². The zero-order valence-corrected chi connectivity index (χ0v) is 13.2. The molecule has 4 rings (SSSR count). The summed E-state index contributed by atoms with van der Waals surface area (Å²) < 4.78 is 2.25. The predicted molar refractivity (Wildman–Crippen MR) is 87.8 cm³/mol. The van der Waals surface area contributed by atoms with Crippen LogP contribution in [0.4, 0.5) is 0 Å². The second-order valence-electron chi connectivity index (χ2n) is 6.84. The molecule has 1 saturated heterocycles. The van der Waals surface area contributed by atoms with Gasteiger partial charge in [0, 0.05) is 18.7 Å². The molecule has 0 radical (unpaired) electrons. The molecule has 0 amide bonds. The summed E-state index contributed by atoms with van der Waals surface area (Å²) >= 11 is 0. The molecule has 3 heterocycles. The number of likely N-dealkylation sites (tertiary alicyclic amines) is 1. The fourth-order valence-electron chi connectivity index (χ4n) is 4.30. The van der Waals surface area contributed by atoms with Crippen molar-refractivity contribution in [2.24, 2.45) is 5.92 Å². The second kappa shape index (κ2) is 5.25. The van der Waals surface area contributed by atoms with Gasteiger partial charge >= 0.3 is 0 Å². The number of rotatable bonds is 1. The number of hydrogen-bond donors (Lipinski definition) is 1. The van der Waals surface area contributed by atoms with Crippen molar-refractivity contribution in [1.82, 2.24) is 9.47 Å². The Morgan fingerprint density at radius 1 is 1.05 bits per heavy atom. The van der Waals surface area contributed by atoms with Crippen LogP contribution in [0.2, 0.25) is 0 Å². The van der Waals surface area contributed by atoms with Crippen LogP contribution in [0.1, 0.15) is 29.7 Å². The third-order valence-electron chi connectivity index (χ3n) is 5.58. The SMILES string of the molecule is CN1CCC(C2(O)c3ccccc3CCn3cccc32)CC1. The first-order valence-corrected chi connectivity index (χ1v) is 8.34. The maximum atomic E-state index is 11.9. The van der Waals surface area contributed by atoms with Crippen LogP contribution in [-0.4, -0.2) is 34.7 Å². The highest BCUT2D eigenvalue weighted by atomic mass is 16.3. The van der Waals surface area contributed by atoms with E-state index < -0.39 is 5.60 Å². The highest BCUT2D eigenvalue weighted by Crippen LogP contribution is 2.44. The normalized spacial score (nSPS) is 26.3. The minimum Gasteiger partial charge on any atom is -0.379 e. The Morgan fingerprint density at radius 2 is 1.82 bits per heavy atom. The molecular weight excluding hydrogens is 272 g/mol. The average Bonchev–Trinajstić information content (AvgIpc) is 2.98. The molecule has 1 unspecified atom stereocenters. The van der Waals surface area contributed by atoms with Crippen molar-refractivity contribution in [1.29, 1.82) is 0 Å². The van der Waals surface area contributed by atoms with Gasteiger partial charge in [-0.05, 0) is 62.7 Å². The maximum Gasteiger partial charge on any atom is 0.133 e. The molecule has 0 spiro atoms. The molecule has 1 fully saturated rings. The summed E-state index contributed by atoms with van der Waals surface area (Å²) in [5.74, 6) is 0.289. The van der Waals surface area contributed by atoms with Gasteiger partial charge in [-0.1, -0.05) is 24.3 Å². The van der Waals surface area contributed by atoms with E-state index in [9.17, 15) is 5.11 Å². The molecule has 1 atom stereocenters. The minimum absolute atomic E-state index is 0.289. The van der Waals surface area contributed by atoms with E-state index in [1.165, 1.54) is 5.56 Å². The molecule has 0 saturated carbocycles. The molecule has 116 valence electrons. The number of aryl methyl sites for hydroxylation is 2. The summed E-state index contributed by atoms with van der Waals surface area (Å²) in [6, 6.07) is 12.7. The molecule has 1 N–H and O–H groups in total. The standard InChI is InChI=1S/C19H24N2O/c1-20-12-9-16(10-13-20)19(22)17-6-3-2-5-15(17)8-14-21-11-4-7-18(19)21/h2-7,11,16,22H,8-10,12-14H2,1H3. The van der Waals surface area contributed by atoms with Crippen LogP contribution in [-0.2, 0) is 18.6 Å². The highest BCUT2D eigenvalue weighted by Gasteiger charge is 2.45. The van der Waals surface area contributed by atoms with E-state index in [0.29, 0.717) is 0 Å². The summed E-state index contributed by atoms with van der Waals surface area (Å²) in [7, 11) is 2.17. The number of hydrogen-bond acceptors (Lipinski definition) is 2. The van der Waals surface area contributed by atoms with Crippen LogP contribution >= 0.6 is 0 Å². The first kappa shape index (κ1) is 14.0. The molecule has 3 nitrogen and oxygen atoms in total. The lowest BCUT2D eigenvalue weighted by Gasteiger charge is -2.41. The molecule has 2 aromatic rings. The van der Waals surface area contributed by atoms with E-state index in [0.717, 1.165) is 50.2 Å². The number of aliphatic hydroxyl groups is 1. The first-order chi connectivity index (χ1) is 10.7. The number of fused-ring (bicyclic) bond motifs is 2. The third kappa shape index (κ3) is 2.03. The Bertz CT molecular complexity index is 670. The monoisotopic (exact) mass is 296 g/mol. The maximum absolute atomic E-state index is 11.9. The van der Waals surface area contributed by atoms with E-state index in [4.69, 9.17) is 0 Å². The molecule has 2 aliphatic rings. The van der Waals surface area contributed by atoms with Gasteiger partial charge in [0.25, 0.3) is 0 Å². The molecule has 1 aromatic carbocycles. The summed E-state index contributed by atoms with van der Waals surface area (Å²) in [6.07, 6.45) is 5.20. The Labute approximate surface area is 132 Å². The highest BCUT2D eigenvalue weighted by molar-refractivity contribution is 5.42. The van der Waals surface area contributed by atoms with Gasteiger partial charge in [-0.25, -0.2) is 0 Å². The summed E-state index contributed by atoms with van der Waals surface area (Å²) in [6.45, 7) is 3.08. The van der Waals surface area contributed by atoms with Crippen molar-refractivity contribution >= 4 is 0 Å². The lowest BCUT2D eigenvalue weighted by Crippen LogP contribution is -2.44. The number of nitrogens with zero attached hydrogens (tertiary/aromatic N) is 2. The van der Waals surface area contributed by atoms with Crippen molar-refractivity contribution in [2.75, 3.05) is 20.1 Å². The molecule has 0 aliphatic carbocycles. The molecule has 22 heavy (non-hydrogen) atoms. The van der Waals surface area contributed by atoms with Gasteiger partial charge < -0.3 is 14.6 Å². The molecular formula is C19H24N2O. The molecule has 2 aliphatic heterocycles. The summed E-state index contributed by atoms with van der Waals surface area (Å²) in [4.78, 5) is 2.36. The molecule has 3 heteroatoms. The summed E-state index contributed by atoms with van der Waals surface area (Å²) in [5, 5.41) is 11.9. The number of aromatic nitrogens is 1. The third-order valence-corrected chi connectivity index (χ3v) is 5.58. The van der Waals surface area contributed by atoms with E-state index in [2.05, 4.69) is 59.1 Å². The van der Waals surface area contributed by atoms with E-state index in [-0.39, 0.29) is 5.92 Å². The van der Waals surface area contributed by atoms with Crippen LogP contribution in [0.15, 0.2) is 42.6 Å². The minimum atomic E-state index is -0.849. The fourth-order valence-corrected chi connectivity index (χ4v) is 4.30. The quantitative estimate of drug-likeness (QED) is 0.876. The molecule has 0 bridgehead atoms. The van der Waals surface area contributed by atoms with Crippen LogP contribution < -0.4 is 0 Å². The van der Waals surface area contributed by atoms with Gasteiger partial charge in [-0.15, -0.1) is 0 Å².